The van der Waals surface area contributed by atoms with Gasteiger partial charge in [0.1, 0.15) is 6.54 Å². The molecular weight excluding hydrogens is 338 g/mol. The number of fused-ring (bicyclic) bond motifs is 1. The van der Waals surface area contributed by atoms with E-state index in [1.165, 1.54) is 24.3 Å². The molecule has 0 radical (unpaired) electrons. The fraction of sp³-hybridized carbons (Fsp3) is 0.389. The van der Waals surface area contributed by atoms with Crippen molar-refractivity contribution in [3.05, 3.63) is 46.5 Å². The molecule has 0 unspecified atom stereocenters. The summed E-state index contributed by atoms with van der Waals surface area (Å²) < 4.78 is 0. The summed E-state index contributed by atoms with van der Waals surface area (Å²) in [5.41, 5.74) is 0.104. The number of nitrogens with zero attached hydrogens (tertiary/aromatic N) is 2. The molecule has 5 rings (SSSR count). The monoisotopic (exact) mass is 355 g/mol. The van der Waals surface area contributed by atoms with Gasteiger partial charge in [0, 0.05) is 17.8 Å². The summed E-state index contributed by atoms with van der Waals surface area (Å²) in [6.45, 7) is -0.368. The van der Waals surface area contributed by atoms with Crippen LogP contribution < -0.4 is 5.32 Å². The van der Waals surface area contributed by atoms with Crippen LogP contribution in [0.2, 0.25) is 0 Å². The smallest absolute Gasteiger partial charge is 0.271 e. The van der Waals surface area contributed by atoms with Crippen molar-refractivity contribution in [2.45, 2.75) is 12.8 Å². The molecule has 4 atom stereocenters. The predicted octanol–water partition coefficient (Wildman–Crippen LogP) is 1.73. The van der Waals surface area contributed by atoms with Gasteiger partial charge in [-0.3, -0.25) is 29.4 Å². The van der Waals surface area contributed by atoms with Crippen LogP contribution in [-0.4, -0.2) is 34.1 Å². The Bertz CT molecular complexity index is 817. The second-order valence-electron chi connectivity index (χ2n) is 6.96. The number of benzene rings is 1. The fourth-order valence-corrected chi connectivity index (χ4v) is 4.33. The van der Waals surface area contributed by atoms with Gasteiger partial charge in [0.2, 0.25) is 17.7 Å². The molecule has 0 spiro atoms. The SMILES string of the molecule is O=C(CN1C(=O)[C@@H]2[C@H](C1=O)[C@H]1C=C[C@H]2CC1)Nc1cccc([N+](=O)[O-])c1. The number of nitro groups is 1. The number of carbonyl (C=O) groups is 3. The lowest BCUT2D eigenvalue weighted by Crippen LogP contribution is -2.38. The van der Waals surface area contributed by atoms with Crippen molar-refractivity contribution in [2.75, 3.05) is 11.9 Å². The van der Waals surface area contributed by atoms with Crippen LogP contribution in [0.1, 0.15) is 12.8 Å². The number of anilines is 1. The highest BCUT2D eigenvalue weighted by atomic mass is 16.6. The summed E-state index contributed by atoms with van der Waals surface area (Å²) in [7, 11) is 0. The number of allylic oxidation sites excluding steroid dienone is 2. The van der Waals surface area contributed by atoms with Gasteiger partial charge in [0.05, 0.1) is 16.8 Å². The van der Waals surface area contributed by atoms with E-state index in [9.17, 15) is 24.5 Å². The van der Waals surface area contributed by atoms with Gasteiger partial charge >= 0.3 is 0 Å². The number of non-ortho nitro benzene ring substituents is 1. The third-order valence-corrected chi connectivity index (χ3v) is 5.49. The van der Waals surface area contributed by atoms with Crippen LogP contribution in [-0.2, 0) is 14.4 Å². The van der Waals surface area contributed by atoms with E-state index in [1.54, 1.807) is 0 Å². The van der Waals surface area contributed by atoms with E-state index in [4.69, 9.17) is 0 Å². The number of rotatable bonds is 4. The van der Waals surface area contributed by atoms with Gasteiger partial charge in [0.25, 0.3) is 5.69 Å². The molecule has 1 saturated carbocycles. The molecule has 8 heteroatoms. The van der Waals surface area contributed by atoms with Gasteiger partial charge < -0.3 is 5.32 Å². The summed E-state index contributed by atoms with van der Waals surface area (Å²) in [5.74, 6) is -1.67. The van der Waals surface area contributed by atoms with Crippen LogP contribution in [0.15, 0.2) is 36.4 Å². The first-order valence-corrected chi connectivity index (χ1v) is 8.53. The third kappa shape index (κ3) is 2.58. The Morgan fingerprint density at radius 1 is 1.15 bits per heavy atom. The number of amides is 3. The number of hydrogen-bond acceptors (Lipinski definition) is 5. The van der Waals surface area contributed by atoms with Crippen LogP contribution in [0.3, 0.4) is 0 Å². The molecule has 1 N–H and O–H groups in total. The van der Waals surface area contributed by atoms with Crippen LogP contribution in [0, 0.1) is 33.8 Å². The van der Waals surface area contributed by atoms with E-state index < -0.39 is 10.8 Å². The molecule has 1 heterocycles. The van der Waals surface area contributed by atoms with Crippen molar-refractivity contribution >= 4 is 29.1 Å². The molecule has 2 bridgehead atoms. The van der Waals surface area contributed by atoms with Crippen LogP contribution in [0.5, 0.6) is 0 Å². The molecule has 1 saturated heterocycles. The topological polar surface area (TPSA) is 110 Å². The summed E-state index contributed by atoms with van der Waals surface area (Å²) in [6, 6.07) is 5.52. The first-order valence-electron chi connectivity index (χ1n) is 8.53. The van der Waals surface area contributed by atoms with E-state index in [0.717, 1.165) is 17.7 Å². The van der Waals surface area contributed by atoms with Gasteiger partial charge in [-0.2, -0.15) is 0 Å². The molecule has 8 nitrogen and oxygen atoms in total. The zero-order valence-corrected chi connectivity index (χ0v) is 13.8. The van der Waals surface area contributed by atoms with Crippen molar-refractivity contribution in [3.8, 4) is 0 Å². The average Bonchev–Trinajstić information content (AvgIpc) is 2.90. The second kappa shape index (κ2) is 6.05. The highest BCUT2D eigenvalue weighted by molar-refractivity contribution is 6.09. The first-order chi connectivity index (χ1) is 12.5. The summed E-state index contributed by atoms with van der Waals surface area (Å²) in [5, 5.41) is 13.3. The van der Waals surface area contributed by atoms with Gasteiger partial charge in [-0.1, -0.05) is 18.2 Å². The highest BCUT2D eigenvalue weighted by Crippen LogP contribution is 2.49. The minimum Gasteiger partial charge on any atom is -0.324 e. The quantitative estimate of drug-likeness (QED) is 0.383. The number of imide groups is 1. The maximum absolute atomic E-state index is 12.7. The van der Waals surface area contributed by atoms with Crippen LogP contribution >= 0.6 is 0 Å². The van der Waals surface area contributed by atoms with Crippen molar-refractivity contribution in [1.82, 2.24) is 4.90 Å². The number of likely N-dealkylation sites (tertiary alicyclic amines) is 1. The Labute approximate surface area is 149 Å². The molecule has 0 aromatic heterocycles. The Balaban J connectivity index is 1.47. The molecule has 26 heavy (non-hydrogen) atoms. The van der Waals surface area contributed by atoms with Crippen LogP contribution in [0.25, 0.3) is 0 Å². The van der Waals surface area contributed by atoms with E-state index in [2.05, 4.69) is 5.32 Å². The average molecular weight is 355 g/mol. The number of carbonyl (C=O) groups excluding carboxylic acids is 3. The maximum Gasteiger partial charge on any atom is 0.271 e. The van der Waals surface area contributed by atoms with E-state index >= 15 is 0 Å². The first kappa shape index (κ1) is 16.4. The van der Waals surface area contributed by atoms with Gasteiger partial charge in [0.15, 0.2) is 0 Å². The van der Waals surface area contributed by atoms with Crippen molar-refractivity contribution in [3.63, 3.8) is 0 Å². The standard InChI is InChI=1S/C18H17N3O5/c22-14(19-12-2-1-3-13(8-12)21(25)26)9-20-17(23)15-10-4-5-11(7-6-10)16(15)18(20)24/h1-5,8,10-11,15-16H,6-7,9H2,(H,19,22)/t10-,11-,15-,16+/m0/s1. The minimum atomic E-state index is -0.559. The molecule has 1 aromatic rings. The summed E-state index contributed by atoms with van der Waals surface area (Å²) in [6.07, 6.45) is 5.84. The van der Waals surface area contributed by atoms with Gasteiger partial charge in [-0.15, -0.1) is 0 Å². The molecule has 4 aliphatic rings. The molecule has 2 fully saturated rings. The van der Waals surface area contributed by atoms with Crippen molar-refractivity contribution in [1.29, 1.82) is 0 Å². The zero-order chi connectivity index (χ0) is 18.4. The van der Waals surface area contributed by atoms with Crippen LogP contribution in [0.4, 0.5) is 11.4 Å². The maximum atomic E-state index is 12.7. The Kier molecular flexibility index (Phi) is 3.82. The van der Waals surface area contributed by atoms with Crippen molar-refractivity contribution in [2.24, 2.45) is 23.7 Å². The fourth-order valence-electron chi connectivity index (χ4n) is 4.33. The molecule has 134 valence electrons. The highest BCUT2D eigenvalue weighted by Gasteiger charge is 2.56. The normalized spacial score (nSPS) is 29.0. The molecule has 1 aliphatic heterocycles. The molecule has 3 aliphatic carbocycles. The largest absolute Gasteiger partial charge is 0.324 e. The predicted molar refractivity (Wildman–Crippen MR) is 90.8 cm³/mol. The van der Waals surface area contributed by atoms with E-state index in [-0.39, 0.29) is 53.4 Å². The number of hydrogen-bond donors (Lipinski definition) is 1. The van der Waals surface area contributed by atoms with E-state index in [1.807, 2.05) is 12.2 Å². The molecule has 3 amide bonds. The Morgan fingerprint density at radius 2 is 1.77 bits per heavy atom. The lowest BCUT2D eigenvalue weighted by Gasteiger charge is -2.38. The van der Waals surface area contributed by atoms with E-state index in [0.29, 0.717) is 0 Å². The molecule has 1 aromatic carbocycles. The Morgan fingerprint density at radius 3 is 2.31 bits per heavy atom. The third-order valence-electron chi connectivity index (χ3n) is 5.49. The lowest BCUT2D eigenvalue weighted by molar-refractivity contribution is -0.384. The van der Waals surface area contributed by atoms with Crippen molar-refractivity contribution < 1.29 is 19.3 Å². The molecular formula is C18H17N3O5. The lowest BCUT2D eigenvalue weighted by atomic mass is 9.63. The van der Waals surface area contributed by atoms with Gasteiger partial charge in [-0.05, 0) is 30.7 Å². The zero-order valence-electron chi connectivity index (χ0n) is 13.8. The van der Waals surface area contributed by atoms with Gasteiger partial charge in [-0.25, -0.2) is 0 Å². The minimum absolute atomic E-state index is 0.0753. The Hall–Kier alpha value is -3.03. The number of nitro benzene ring substituents is 1. The summed E-state index contributed by atoms with van der Waals surface area (Å²) in [4.78, 5) is 48.9. The second-order valence-corrected chi connectivity index (χ2v) is 6.96. The summed E-state index contributed by atoms with van der Waals surface area (Å²) >= 11 is 0. The number of nitrogens with one attached hydrogen (secondary N) is 1.